The molecule has 2 heteroatoms. The van der Waals surface area contributed by atoms with E-state index >= 15 is 0 Å². The molecule has 0 N–H and O–H groups in total. The van der Waals surface area contributed by atoms with E-state index < -0.39 is 0 Å². The molecule has 1 nitrogen and oxygen atoms in total. The van der Waals surface area contributed by atoms with E-state index in [0.29, 0.717) is 0 Å². The quantitative estimate of drug-likeness (QED) is 0.612. The van der Waals surface area contributed by atoms with E-state index in [9.17, 15) is 0 Å². The zero-order chi connectivity index (χ0) is 7.11. The van der Waals surface area contributed by atoms with Crippen LogP contribution < -0.4 is 0 Å². The maximum Gasteiger partial charge on any atom is 0 e. The van der Waals surface area contributed by atoms with E-state index in [2.05, 4.69) is 12.2 Å². The fraction of sp³-hybridized carbons (Fsp3) is 0.500. The van der Waals surface area contributed by atoms with Crippen LogP contribution in [0.2, 0.25) is 0 Å². The van der Waals surface area contributed by atoms with Crippen LogP contribution >= 0.6 is 0 Å². The van der Waals surface area contributed by atoms with Crippen LogP contribution in [0.3, 0.4) is 0 Å². The molecule has 0 saturated heterocycles. The van der Waals surface area contributed by atoms with Gasteiger partial charge in [-0.3, -0.25) is 6.08 Å². The number of nitrogens with zero attached hydrogens (tertiary/aromatic N) is 1. The van der Waals surface area contributed by atoms with Crippen molar-refractivity contribution in [3.63, 3.8) is 0 Å². The fourth-order valence-electron chi connectivity index (χ4n) is 0.340. The van der Waals surface area contributed by atoms with Gasteiger partial charge in [-0.25, -0.2) is 12.2 Å². The predicted octanol–water partition coefficient (Wildman–Crippen LogP) is 1.48. The molecule has 0 saturated carbocycles. The van der Waals surface area contributed by atoms with Gasteiger partial charge in [0, 0.05) is 21.1 Å². The van der Waals surface area contributed by atoms with E-state index in [0.717, 1.165) is 6.42 Å². The van der Waals surface area contributed by atoms with Crippen molar-refractivity contribution in [1.82, 2.24) is 4.90 Å². The van der Waals surface area contributed by atoms with Crippen LogP contribution in [0.1, 0.15) is 6.42 Å². The number of allylic oxidation sites excluding steroid dienone is 4. The number of hydrogen-bond acceptors (Lipinski definition) is 1. The third kappa shape index (κ3) is 15.7. The first-order chi connectivity index (χ1) is 4.23. The van der Waals surface area contributed by atoms with Gasteiger partial charge in [-0.15, -0.1) is 6.42 Å². The molecular weight excluding hydrogens is 305 g/mol. The summed E-state index contributed by atoms with van der Waals surface area (Å²) in [7, 11) is 6.00. The second kappa shape index (κ2) is 9.13. The summed E-state index contributed by atoms with van der Waals surface area (Å²) in [6.45, 7) is 0. The third-order valence-corrected chi connectivity index (χ3v) is 0.586. The molecule has 0 aromatic carbocycles. The minimum Gasteiger partial charge on any atom is -0.312 e. The van der Waals surface area contributed by atoms with E-state index in [-0.39, 0.29) is 21.1 Å². The van der Waals surface area contributed by atoms with Crippen LogP contribution in [0.25, 0.3) is 0 Å². The molecule has 0 radical (unpaired) electrons. The molecule has 0 aromatic rings. The first-order valence-corrected chi connectivity index (χ1v) is 3.06. The van der Waals surface area contributed by atoms with Crippen LogP contribution in [0.15, 0.2) is 18.2 Å². The minimum absolute atomic E-state index is 0. The smallest absolute Gasteiger partial charge is 0 e. The van der Waals surface area contributed by atoms with Crippen molar-refractivity contribution in [2.75, 3.05) is 21.1 Å². The maximum absolute atomic E-state index is 2.99. The van der Waals surface area contributed by atoms with Gasteiger partial charge in [-0.2, -0.15) is 6.08 Å². The summed E-state index contributed by atoms with van der Waals surface area (Å²) < 4.78 is 0. The van der Waals surface area contributed by atoms with E-state index in [4.69, 9.17) is 0 Å². The van der Waals surface area contributed by atoms with Crippen molar-refractivity contribution in [1.29, 1.82) is 0 Å². The molecule has 1 aliphatic carbocycles. The second-order valence-corrected chi connectivity index (χ2v) is 2.34. The summed E-state index contributed by atoms with van der Waals surface area (Å²) in [5, 5.41) is 0. The summed E-state index contributed by atoms with van der Waals surface area (Å²) in [5.41, 5.74) is 0. The van der Waals surface area contributed by atoms with E-state index in [1.807, 2.05) is 38.2 Å². The average Bonchev–Trinajstić information content (AvgIpc) is 2.11. The van der Waals surface area contributed by atoms with Gasteiger partial charge >= 0.3 is 0 Å². The molecule has 0 bridgehead atoms. The molecule has 0 aromatic heterocycles. The van der Waals surface area contributed by atoms with Crippen LogP contribution in [0, 0.1) is 6.08 Å². The summed E-state index contributed by atoms with van der Waals surface area (Å²) >= 11 is 0. The summed E-state index contributed by atoms with van der Waals surface area (Å²) in [6, 6.07) is 0. The molecule has 0 fully saturated rings. The zero-order valence-corrected chi connectivity index (χ0v) is 8.97. The van der Waals surface area contributed by atoms with Gasteiger partial charge in [0.1, 0.15) is 0 Å². The monoisotopic (exact) mass is 319 g/mol. The Bertz CT molecular complexity index is 93.1. The second-order valence-electron chi connectivity index (χ2n) is 2.34. The Morgan fingerprint density at radius 3 is 1.90 bits per heavy atom. The Morgan fingerprint density at radius 2 is 1.80 bits per heavy atom. The maximum atomic E-state index is 2.99. The number of hydrogen-bond donors (Lipinski definition) is 0. The molecular formula is C8H14NPt-. The van der Waals surface area contributed by atoms with Crippen molar-refractivity contribution < 1.29 is 21.1 Å². The SMILES string of the molecule is CN(C)C.[C-]1=CC=CC1.[Pt]. The van der Waals surface area contributed by atoms with Crippen LogP contribution in [0.5, 0.6) is 0 Å². The first-order valence-electron chi connectivity index (χ1n) is 3.06. The molecule has 0 unspecified atom stereocenters. The van der Waals surface area contributed by atoms with Crippen molar-refractivity contribution in [2.45, 2.75) is 6.42 Å². The average molecular weight is 319 g/mol. The summed E-state index contributed by atoms with van der Waals surface area (Å²) in [5.74, 6) is 0. The van der Waals surface area contributed by atoms with Gasteiger partial charge in [0.25, 0.3) is 0 Å². The molecule has 0 atom stereocenters. The van der Waals surface area contributed by atoms with Crippen LogP contribution in [-0.2, 0) is 21.1 Å². The Morgan fingerprint density at radius 1 is 1.30 bits per heavy atom. The number of rotatable bonds is 0. The summed E-state index contributed by atoms with van der Waals surface area (Å²) in [6.07, 6.45) is 10.0. The molecule has 0 spiro atoms. The third-order valence-electron chi connectivity index (χ3n) is 0.586. The van der Waals surface area contributed by atoms with Gasteiger partial charge in [0.2, 0.25) is 0 Å². The summed E-state index contributed by atoms with van der Waals surface area (Å²) in [4.78, 5) is 2.00. The van der Waals surface area contributed by atoms with Crippen molar-refractivity contribution in [2.24, 2.45) is 0 Å². The molecule has 62 valence electrons. The van der Waals surface area contributed by atoms with Gasteiger partial charge in [0.15, 0.2) is 0 Å². The van der Waals surface area contributed by atoms with Crippen molar-refractivity contribution in [3.05, 3.63) is 24.3 Å². The predicted molar refractivity (Wildman–Crippen MR) is 41.2 cm³/mol. The van der Waals surface area contributed by atoms with Gasteiger partial charge in [-0.1, -0.05) is 0 Å². The van der Waals surface area contributed by atoms with Gasteiger partial charge in [0.05, 0.1) is 0 Å². The van der Waals surface area contributed by atoms with Crippen molar-refractivity contribution in [3.8, 4) is 0 Å². The minimum atomic E-state index is 0. The molecule has 0 heterocycles. The molecule has 1 aliphatic rings. The Hall–Kier alpha value is 0.128. The Kier molecular flexibility index (Phi) is 11.7. The van der Waals surface area contributed by atoms with Crippen LogP contribution in [0.4, 0.5) is 0 Å². The zero-order valence-electron chi connectivity index (χ0n) is 6.70. The Labute approximate surface area is 78.1 Å². The molecule has 0 aliphatic heterocycles. The topological polar surface area (TPSA) is 3.24 Å². The molecule has 1 rings (SSSR count). The van der Waals surface area contributed by atoms with E-state index in [1.54, 1.807) is 0 Å². The Balaban J connectivity index is 0. The molecule has 10 heavy (non-hydrogen) atoms. The molecule has 0 amide bonds. The first kappa shape index (κ1) is 12.8. The van der Waals surface area contributed by atoms with Gasteiger partial charge < -0.3 is 4.90 Å². The normalized spacial score (nSPS) is 12.4. The van der Waals surface area contributed by atoms with E-state index in [1.165, 1.54) is 0 Å². The van der Waals surface area contributed by atoms with Crippen molar-refractivity contribution >= 4 is 0 Å². The van der Waals surface area contributed by atoms with Gasteiger partial charge in [-0.05, 0) is 21.1 Å². The fourth-order valence-corrected chi connectivity index (χ4v) is 0.340. The largest absolute Gasteiger partial charge is 0.312 e. The standard InChI is InChI=1S/C5H5.C3H9N.Pt/c1-2-4-5-3-1;1-4(2)3;/h1-3H,4H2;1-3H3;/q-1;;. The van der Waals surface area contributed by atoms with Crippen LogP contribution in [-0.4, -0.2) is 26.0 Å².